The molecular weight excluding hydrogens is 304 g/mol. The van der Waals surface area contributed by atoms with Gasteiger partial charge in [0.25, 0.3) is 0 Å². The van der Waals surface area contributed by atoms with Crippen LogP contribution >= 0.6 is 23.5 Å². The summed E-state index contributed by atoms with van der Waals surface area (Å²) in [7, 11) is 0. The molecule has 2 unspecified atom stereocenters. The third-order valence-electron chi connectivity index (χ3n) is 2.69. The van der Waals surface area contributed by atoms with Crippen molar-refractivity contribution in [2.45, 2.75) is 23.1 Å². The quantitative estimate of drug-likeness (QED) is 0.757. The largest absolute Gasteiger partial charge is 0.395 e. The summed E-state index contributed by atoms with van der Waals surface area (Å²) in [4.78, 5) is 12.2. The molecule has 1 aromatic carbocycles. The summed E-state index contributed by atoms with van der Waals surface area (Å²) in [6, 6.07) is 3.37. The molecule has 0 aliphatic carbocycles. The zero-order chi connectivity index (χ0) is 15.1. The second kappa shape index (κ2) is 8.49. The van der Waals surface area contributed by atoms with E-state index in [-0.39, 0.29) is 29.6 Å². The van der Waals surface area contributed by atoms with E-state index in [1.807, 2.05) is 13.2 Å². The summed E-state index contributed by atoms with van der Waals surface area (Å²) in [5, 5.41) is 11.8. The number of carbonyl (C=O) groups excluding carboxylic acids is 1. The SMILES string of the molecule is CSC(CO)C(C)NC(=O)CSc1ccc(F)c(F)c1. The van der Waals surface area contributed by atoms with Gasteiger partial charge in [0, 0.05) is 16.2 Å². The number of nitrogens with one attached hydrogen (secondary N) is 1. The number of amides is 1. The fourth-order valence-corrected chi connectivity index (χ4v) is 2.90. The molecule has 0 fully saturated rings. The highest BCUT2D eigenvalue weighted by atomic mass is 32.2. The van der Waals surface area contributed by atoms with Gasteiger partial charge in [-0.1, -0.05) is 0 Å². The van der Waals surface area contributed by atoms with Crippen molar-refractivity contribution < 1.29 is 18.7 Å². The van der Waals surface area contributed by atoms with Crippen molar-refractivity contribution in [2.24, 2.45) is 0 Å². The Morgan fingerprint density at radius 3 is 2.65 bits per heavy atom. The Hall–Kier alpha value is -0.790. The molecule has 0 saturated heterocycles. The Balaban J connectivity index is 2.45. The molecule has 1 rings (SSSR count). The molecule has 3 nitrogen and oxygen atoms in total. The number of benzene rings is 1. The van der Waals surface area contributed by atoms with E-state index >= 15 is 0 Å². The second-order valence-corrected chi connectivity index (χ2v) is 6.30. The average Bonchev–Trinajstić information content (AvgIpc) is 2.41. The first-order valence-electron chi connectivity index (χ1n) is 5.98. The van der Waals surface area contributed by atoms with E-state index in [0.717, 1.165) is 23.9 Å². The van der Waals surface area contributed by atoms with Crippen LogP contribution in [0.2, 0.25) is 0 Å². The molecule has 1 aromatic rings. The van der Waals surface area contributed by atoms with Crippen LogP contribution in [0.1, 0.15) is 6.92 Å². The van der Waals surface area contributed by atoms with Gasteiger partial charge in [-0.25, -0.2) is 8.78 Å². The van der Waals surface area contributed by atoms with E-state index in [0.29, 0.717) is 4.90 Å². The van der Waals surface area contributed by atoms with Gasteiger partial charge in [-0.15, -0.1) is 11.8 Å². The maximum Gasteiger partial charge on any atom is 0.230 e. The lowest BCUT2D eigenvalue weighted by Gasteiger charge is -2.21. The Morgan fingerprint density at radius 2 is 2.10 bits per heavy atom. The van der Waals surface area contributed by atoms with Crippen LogP contribution in [-0.2, 0) is 4.79 Å². The number of carbonyl (C=O) groups is 1. The smallest absolute Gasteiger partial charge is 0.230 e. The van der Waals surface area contributed by atoms with Crippen molar-refractivity contribution >= 4 is 29.4 Å². The standard InChI is InChI=1S/C13H17F2NO2S2/c1-8(12(6-17)19-2)16-13(18)7-20-9-3-4-10(14)11(15)5-9/h3-5,8,12,17H,6-7H2,1-2H3,(H,16,18). The van der Waals surface area contributed by atoms with Crippen LogP contribution in [0, 0.1) is 11.6 Å². The van der Waals surface area contributed by atoms with Crippen molar-refractivity contribution in [1.29, 1.82) is 0 Å². The predicted molar refractivity (Wildman–Crippen MR) is 79.1 cm³/mol. The molecule has 0 bridgehead atoms. The van der Waals surface area contributed by atoms with Gasteiger partial charge in [0.05, 0.1) is 12.4 Å². The van der Waals surface area contributed by atoms with Gasteiger partial charge in [0.1, 0.15) is 0 Å². The van der Waals surface area contributed by atoms with Gasteiger partial charge < -0.3 is 10.4 Å². The van der Waals surface area contributed by atoms with Crippen molar-refractivity contribution in [3.05, 3.63) is 29.8 Å². The van der Waals surface area contributed by atoms with Crippen LogP contribution in [0.25, 0.3) is 0 Å². The molecule has 0 aromatic heterocycles. The van der Waals surface area contributed by atoms with Gasteiger partial charge >= 0.3 is 0 Å². The number of aliphatic hydroxyl groups is 1. The summed E-state index contributed by atoms with van der Waals surface area (Å²) < 4.78 is 25.7. The molecule has 0 aliphatic heterocycles. The first kappa shape index (κ1) is 17.3. The second-order valence-electron chi connectivity index (χ2n) is 4.18. The molecule has 0 saturated carbocycles. The third kappa shape index (κ3) is 5.30. The minimum absolute atomic E-state index is 0.0150. The molecule has 20 heavy (non-hydrogen) atoms. The first-order chi connectivity index (χ1) is 9.47. The highest BCUT2D eigenvalue weighted by Crippen LogP contribution is 2.20. The molecule has 0 heterocycles. The fourth-order valence-electron chi connectivity index (χ4n) is 1.54. The minimum atomic E-state index is -0.925. The average molecular weight is 321 g/mol. The van der Waals surface area contributed by atoms with E-state index in [2.05, 4.69) is 5.32 Å². The summed E-state index contributed by atoms with van der Waals surface area (Å²) in [5.41, 5.74) is 0. The topological polar surface area (TPSA) is 49.3 Å². The number of aliphatic hydroxyl groups excluding tert-OH is 1. The lowest BCUT2D eigenvalue weighted by atomic mass is 10.2. The molecule has 0 spiro atoms. The fraction of sp³-hybridized carbons (Fsp3) is 0.462. The number of thioether (sulfide) groups is 2. The van der Waals surface area contributed by atoms with E-state index in [9.17, 15) is 13.6 Å². The molecule has 0 radical (unpaired) electrons. The van der Waals surface area contributed by atoms with Crippen molar-refractivity contribution in [3.8, 4) is 0 Å². The minimum Gasteiger partial charge on any atom is -0.395 e. The molecule has 0 aliphatic rings. The Morgan fingerprint density at radius 1 is 1.40 bits per heavy atom. The maximum absolute atomic E-state index is 13.0. The molecule has 1 amide bonds. The Kier molecular flexibility index (Phi) is 7.32. The Bertz CT molecular complexity index is 456. The molecule has 2 N–H and O–H groups in total. The van der Waals surface area contributed by atoms with Crippen LogP contribution in [0.3, 0.4) is 0 Å². The summed E-state index contributed by atoms with van der Waals surface area (Å²) in [5.74, 6) is -1.92. The van der Waals surface area contributed by atoms with Crippen LogP contribution in [0.5, 0.6) is 0 Å². The van der Waals surface area contributed by atoms with E-state index in [4.69, 9.17) is 5.11 Å². The lowest BCUT2D eigenvalue weighted by molar-refractivity contribution is -0.119. The zero-order valence-electron chi connectivity index (χ0n) is 11.2. The third-order valence-corrected chi connectivity index (χ3v) is 4.85. The molecule has 7 heteroatoms. The van der Waals surface area contributed by atoms with Crippen LogP contribution < -0.4 is 5.32 Å². The first-order valence-corrected chi connectivity index (χ1v) is 8.26. The van der Waals surface area contributed by atoms with Gasteiger partial charge in [0.2, 0.25) is 5.91 Å². The Labute approximate surface area is 125 Å². The molecular formula is C13H17F2NO2S2. The van der Waals surface area contributed by atoms with Crippen LogP contribution in [0.4, 0.5) is 8.78 Å². The number of hydrogen-bond acceptors (Lipinski definition) is 4. The predicted octanol–water partition coefficient (Wildman–Crippen LogP) is 2.29. The maximum atomic E-state index is 13.0. The summed E-state index contributed by atoms with van der Waals surface area (Å²) in [6.07, 6.45) is 1.86. The monoisotopic (exact) mass is 321 g/mol. The van der Waals surface area contributed by atoms with E-state index in [1.54, 1.807) is 0 Å². The lowest BCUT2D eigenvalue weighted by Crippen LogP contribution is -2.42. The van der Waals surface area contributed by atoms with Crippen molar-refractivity contribution in [2.75, 3.05) is 18.6 Å². The highest BCUT2D eigenvalue weighted by molar-refractivity contribution is 8.00. The number of halogens is 2. The summed E-state index contributed by atoms with van der Waals surface area (Å²) >= 11 is 2.61. The normalized spacial score (nSPS) is 13.8. The van der Waals surface area contributed by atoms with E-state index in [1.165, 1.54) is 17.8 Å². The van der Waals surface area contributed by atoms with E-state index < -0.39 is 11.6 Å². The van der Waals surface area contributed by atoms with Crippen molar-refractivity contribution in [3.63, 3.8) is 0 Å². The van der Waals surface area contributed by atoms with Gasteiger partial charge in [0.15, 0.2) is 11.6 Å². The van der Waals surface area contributed by atoms with Gasteiger partial charge in [-0.05, 0) is 31.4 Å². The highest BCUT2D eigenvalue weighted by Gasteiger charge is 2.17. The van der Waals surface area contributed by atoms with Gasteiger partial charge in [-0.3, -0.25) is 4.79 Å². The number of hydrogen-bond donors (Lipinski definition) is 2. The van der Waals surface area contributed by atoms with Crippen LogP contribution in [0.15, 0.2) is 23.1 Å². The van der Waals surface area contributed by atoms with Gasteiger partial charge in [-0.2, -0.15) is 11.8 Å². The summed E-state index contributed by atoms with van der Waals surface area (Å²) in [6.45, 7) is 1.80. The van der Waals surface area contributed by atoms with Crippen molar-refractivity contribution in [1.82, 2.24) is 5.32 Å². The zero-order valence-corrected chi connectivity index (χ0v) is 12.9. The molecule has 112 valence electrons. The molecule has 2 atom stereocenters. The number of rotatable bonds is 7. The van der Waals surface area contributed by atoms with Crippen LogP contribution in [-0.4, -0.2) is 40.9 Å².